The second kappa shape index (κ2) is 5.77. The van der Waals surface area contributed by atoms with Crippen molar-refractivity contribution < 1.29 is 18.0 Å². The maximum atomic E-state index is 11.9. The summed E-state index contributed by atoms with van der Waals surface area (Å²) in [6.45, 7) is 4.43. The van der Waals surface area contributed by atoms with Gasteiger partial charge in [-0.3, -0.25) is 4.79 Å². The fraction of sp³-hybridized carbons (Fsp3) is 0.889. The lowest BCUT2D eigenvalue weighted by Crippen LogP contribution is -2.40. The number of carbonyl (C=O) groups is 1. The number of nitrogens with two attached hydrogens (primary N) is 1. The number of nitrogens with zero attached hydrogens (tertiary/aromatic N) is 1. The van der Waals surface area contributed by atoms with Gasteiger partial charge in [0.1, 0.15) is 0 Å². The number of hydrogen-bond donors (Lipinski definition) is 1. The van der Waals surface area contributed by atoms with Crippen LogP contribution in [-0.4, -0.2) is 42.2 Å². The smallest absolute Gasteiger partial charge is 0.344 e. The molecule has 16 heavy (non-hydrogen) atoms. The van der Waals surface area contributed by atoms with Gasteiger partial charge < -0.3 is 10.6 Å². The molecule has 0 rings (SSSR count). The SMILES string of the molecule is CN(CC(C)(C)CN)C(=O)CSC(F)(F)F. The van der Waals surface area contributed by atoms with E-state index in [-0.39, 0.29) is 17.2 Å². The molecule has 2 N–H and O–H groups in total. The Kier molecular flexibility index (Phi) is 5.61. The predicted molar refractivity (Wildman–Crippen MR) is 59.0 cm³/mol. The Labute approximate surface area is 97.5 Å². The van der Waals surface area contributed by atoms with Gasteiger partial charge in [-0.05, 0) is 23.7 Å². The molecule has 0 saturated carbocycles. The molecule has 0 aliphatic heterocycles. The summed E-state index contributed by atoms with van der Waals surface area (Å²) in [6.07, 6.45) is 0. The zero-order chi connectivity index (χ0) is 13.0. The molecule has 0 saturated heterocycles. The summed E-state index contributed by atoms with van der Waals surface area (Å²) in [4.78, 5) is 12.6. The third kappa shape index (κ3) is 6.95. The quantitative estimate of drug-likeness (QED) is 0.816. The van der Waals surface area contributed by atoms with Crippen LogP contribution in [0, 0.1) is 5.41 Å². The van der Waals surface area contributed by atoms with Crippen molar-refractivity contribution >= 4 is 17.7 Å². The van der Waals surface area contributed by atoms with Crippen molar-refractivity contribution in [1.82, 2.24) is 4.90 Å². The van der Waals surface area contributed by atoms with Crippen molar-refractivity contribution in [2.75, 3.05) is 25.9 Å². The molecular weight excluding hydrogens is 241 g/mol. The van der Waals surface area contributed by atoms with Gasteiger partial charge in [-0.2, -0.15) is 13.2 Å². The topological polar surface area (TPSA) is 46.3 Å². The van der Waals surface area contributed by atoms with Gasteiger partial charge in [0.25, 0.3) is 0 Å². The first kappa shape index (κ1) is 15.6. The number of amides is 1. The van der Waals surface area contributed by atoms with Crippen molar-refractivity contribution in [3.63, 3.8) is 0 Å². The van der Waals surface area contributed by atoms with E-state index in [1.807, 2.05) is 13.8 Å². The van der Waals surface area contributed by atoms with Gasteiger partial charge in [-0.1, -0.05) is 13.8 Å². The molecule has 3 nitrogen and oxygen atoms in total. The minimum absolute atomic E-state index is 0.284. The summed E-state index contributed by atoms with van der Waals surface area (Å²) < 4.78 is 35.6. The second-order valence-corrected chi connectivity index (χ2v) is 5.39. The highest BCUT2D eigenvalue weighted by atomic mass is 32.2. The molecule has 0 unspecified atom stereocenters. The van der Waals surface area contributed by atoms with Crippen LogP contribution in [0.4, 0.5) is 13.2 Å². The highest BCUT2D eigenvalue weighted by Gasteiger charge is 2.30. The van der Waals surface area contributed by atoms with E-state index in [2.05, 4.69) is 0 Å². The van der Waals surface area contributed by atoms with Gasteiger partial charge in [0.05, 0.1) is 5.75 Å². The van der Waals surface area contributed by atoms with E-state index < -0.39 is 17.2 Å². The van der Waals surface area contributed by atoms with Crippen LogP contribution < -0.4 is 5.73 Å². The van der Waals surface area contributed by atoms with Gasteiger partial charge in [-0.15, -0.1) is 0 Å². The first-order valence-electron chi connectivity index (χ1n) is 4.72. The zero-order valence-corrected chi connectivity index (χ0v) is 10.4. The van der Waals surface area contributed by atoms with E-state index in [4.69, 9.17) is 5.73 Å². The third-order valence-electron chi connectivity index (χ3n) is 2.00. The molecular formula is C9H17F3N2OS. The molecule has 96 valence electrons. The molecule has 0 aromatic heterocycles. The number of alkyl halides is 3. The van der Waals surface area contributed by atoms with Gasteiger partial charge in [-0.25, -0.2) is 0 Å². The van der Waals surface area contributed by atoms with Gasteiger partial charge in [0, 0.05) is 13.6 Å². The molecule has 1 amide bonds. The van der Waals surface area contributed by atoms with Crippen LogP contribution in [0.15, 0.2) is 0 Å². The molecule has 7 heteroatoms. The minimum Gasteiger partial charge on any atom is -0.344 e. The number of thioether (sulfide) groups is 1. The Hall–Kier alpha value is -0.430. The monoisotopic (exact) mass is 258 g/mol. The Morgan fingerprint density at radius 1 is 1.38 bits per heavy atom. The Morgan fingerprint density at radius 3 is 2.25 bits per heavy atom. The minimum atomic E-state index is -4.36. The summed E-state index contributed by atoms with van der Waals surface area (Å²) in [5.74, 6) is -1.12. The number of halogens is 3. The zero-order valence-electron chi connectivity index (χ0n) is 9.60. The normalized spacial score (nSPS) is 12.7. The average Bonchev–Trinajstić information content (AvgIpc) is 2.12. The van der Waals surface area contributed by atoms with Gasteiger partial charge in [0.15, 0.2) is 0 Å². The second-order valence-electron chi connectivity index (χ2n) is 4.35. The lowest BCUT2D eigenvalue weighted by atomic mass is 9.93. The van der Waals surface area contributed by atoms with Crippen LogP contribution in [0.25, 0.3) is 0 Å². The number of carbonyl (C=O) groups excluding carboxylic acids is 1. The molecule has 0 fully saturated rings. The van der Waals surface area contributed by atoms with E-state index >= 15 is 0 Å². The molecule has 0 heterocycles. The maximum absolute atomic E-state index is 11.9. The summed E-state index contributed by atoms with van der Waals surface area (Å²) in [5.41, 5.74) is 0.829. The average molecular weight is 258 g/mol. The van der Waals surface area contributed by atoms with Gasteiger partial charge in [0.2, 0.25) is 5.91 Å². The molecule has 0 bridgehead atoms. The highest BCUT2D eigenvalue weighted by molar-refractivity contribution is 8.00. The summed E-state index contributed by atoms with van der Waals surface area (Å²) in [7, 11) is 1.48. The third-order valence-corrected chi connectivity index (χ3v) is 2.72. The lowest BCUT2D eigenvalue weighted by molar-refractivity contribution is -0.128. The number of hydrogen-bond acceptors (Lipinski definition) is 3. The van der Waals surface area contributed by atoms with E-state index in [0.717, 1.165) is 0 Å². The number of rotatable bonds is 5. The Balaban J connectivity index is 4.10. The Bertz CT molecular complexity index is 243. The molecule has 0 atom stereocenters. The summed E-state index contributed by atoms with van der Waals surface area (Å²) in [6, 6.07) is 0. The van der Waals surface area contributed by atoms with Gasteiger partial charge >= 0.3 is 5.51 Å². The van der Waals surface area contributed by atoms with Crippen molar-refractivity contribution in [2.45, 2.75) is 19.4 Å². The van der Waals surface area contributed by atoms with E-state index in [1.165, 1.54) is 11.9 Å². The summed E-state index contributed by atoms with van der Waals surface area (Å²) in [5, 5.41) is 0. The van der Waals surface area contributed by atoms with Crippen LogP contribution in [0.5, 0.6) is 0 Å². The van der Waals surface area contributed by atoms with Crippen LogP contribution in [-0.2, 0) is 4.79 Å². The van der Waals surface area contributed by atoms with Crippen molar-refractivity contribution in [2.24, 2.45) is 11.1 Å². The van der Waals surface area contributed by atoms with Crippen LogP contribution in [0.1, 0.15) is 13.8 Å². The molecule has 0 aromatic carbocycles. The van der Waals surface area contributed by atoms with Crippen molar-refractivity contribution in [1.29, 1.82) is 0 Å². The fourth-order valence-electron chi connectivity index (χ4n) is 1.05. The molecule has 0 spiro atoms. The van der Waals surface area contributed by atoms with E-state index in [9.17, 15) is 18.0 Å². The lowest BCUT2D eigenvalue weighted by Gasteiger charge is -2.29. The van der Waals surface area contributed by atoms with E-state index in [0.29, 0.717) is 13.1 Å². The van der Waals surface area contributed by atoms with Crippen LogP contribution >= 0.6 is 11.8 Å². The molecule has 0 aliphatic rings. The molecule has 0 aromatic rings. The van der Waals surface area contributed by atoms with Crippen LogP contribution in [0.2, 0.25) is 0 Å². The highest BCUT2D eigenvalue weighted by Crippen LogP contribution is 2.30. The largest absolute Gasteiger partial charge is 0.442 e. The maximum Gasteiger partial charge on any atom is 0.442 e. The Morgan fingerprint density at radius 2 is 1.88 bits per heavy atom. The molecule has 0 aliphatic carbocycles. The summed E-state index contributed by atoms with van der Waals surface area (Å²) >= 11 is -0.319. The fourth-order valence-corrected chi connectivity index (χ4v) is 1.56. The van der Waals surface area contributed by atoms with Crippen molar-refractivity contribution in [3.8, 4) is 0 Å². The standard InChI is InChI=1S/C9H17F3N2OS/c1-8(2,5-13)6-14(3)7(15)4-16-9(10,11)12/h4-6,13H2,1-3H3. The van der Waals surface area contributed by atoms with Crippen molar-refractivity contribution in [3.05, 3.63) is 0 Å². The first-order valence-corrected chi connectivity index (χ1v) is 5.71. The van der Waals surface area contributed by atoms with E-state index in [1.54, 1.807) is 0 Å². The molecule has 0 radical (unpaired) electrons. The first-order chi connectivity index (χ1) is 7.07. The predicted octanol–water partition coefficient (Wildman–Crippen LogP) is 1.68. The van der Waals surface area contributed by atoms with Crippen LogP contribution in [0.3, 0.4) is 0 Å².